The maximum Gasteiger partial charge on any atom is 0.163 e. The Morgan fingerprint density at radius 3 is 2.71 bits per heavy atom. The molecule has 3 heterocycles. The van der Waals surface area contributed by atoms with Gasteiger partial charge in [-0.05, 0) is 56.0 Å². The lowest BCUT2D eigenvalue weighted by molar-refractivity contribution is 0.0772. The van der Waals surface area contributed by atoms with Gasteiger partial charge in [-0.3, -0.25) is 0 Å². The average Bonchev–Trinajstić information content (AvgIpc) is 3.27. The standard InChI is InChI=1S/C22H23N3O3/c1-12-9-19-14(7-8-28-19)21(27)20(12)16-10-15-13(2)11-25(22(15)24-23-16)17-5-3-4-6-18(17)26/h7-11,17-18,26-27H,3-6H2,1-2H3/t17-,18-/m1/s1. The van der Waals surface area contributed by atoms with Gasteiger partial charge in [-0.2, -0.15) is 0 Å². The molecule has 1 aromatic carbocycles. The van der Waals surface area contributed by atoms with Gasteiger partial charge in [0.05, 0.1) is 29.5 Å². The molecule has 4 aromatic rings. The summed E-state index contributed by atoms with van der Waals surface area (Å²) in [6, 6.07) is 5.69. The predicted molar refractivity (Wildman–Crippen MR) is 107 cm³/mol. The Kier molecular flexibility index (Phi) is 3.91. The molecule has 1 aliphatic carbocycles. The number of hydrogen-bond donors (Lipinski definition) is 2. The van der Waals surface area contributed by atoms with Crippen molar-refractivity contribution in [1.82, 2.24) is 14.8 Å². The van der Waals surface area contributed by atoms with Crippen LogP contribution in [0.25, 0.3) is 33.3 Å². The van der Waals surface area contributed by atoms with Crippen molar-refractivity contribution < 1.29 is 14.6 Å². The fraction of sp³-hybridized carbons (Fsp3) is 0.364. The highest BCUT2D eigenvalue weighted by Gasteiger charge is 2.27. The van der Waals surface area contributed by atoms with Crippen LogP contribution in [0.3, 0.4) is 0 Å². The van der Waals surface area contributed by atoms with Crippen molar-refractivity contribution >= 4 is 22.0 Å². The molecule has 0 spiro atoms. The number of aromatic hydroxyl groups is 1. The van der Waals surface area contributed by atoms with E-state index in [0.717, 1.165) is 47.8 Å². The Morgan fingerprint density at radius 1 is 1.07 bits per heavy atom. The van der Waals surface area contributed by atoms with Crippen LogP contribution in [0.15, 0.2) is 35.1 Å². The molecule has 0 amide bonds. The summed E-state index contributed by atoms with van der Waals surface area (Å²) < 4.78 is 7.50. The van der Waals surface area contributed by atoms with Crippen molar-refractivity contribution in [1.29, 1.82) is 0 Å². The lowest BCUT2D eigenvalue weighted by Gasteiger charge is -2.29. The van der Waals surface area contributed by atoms with Crippen molar-refractivity contribution in [3.8, 4) is 17.0 Å². The van der Waals surface area contributed by atoms with Crippen molar-refractivity contribution in [3.05, 3.63) is 41.8 Å². The summed E-state index contributed by atoms with van der Waals surface area (Å²) in [4.78, 5) is 0. The van der Waals surface area contributed by atoms with E-state index in [2.05, 4.69) is 21.0 Å². The number of fused-ring (bicyclic) bond motifs is 2. The second kappa shape index (κ2) is 6.34. The molecule has 2 N–H and O–H groups in total. The SMILES string of the molecule is Cc1cc2occc2c(O)c1-c1cc2c(C)cn([C@@H]3CCCC[C@H]3O)c2nn1. The molecule has 0 radical (unpaired) electrons. The van der Waals surface area contributed by atoms with Gasteiger partial charge in [0.1, 0.15) is 11.3 Å². The molecule has 1 fully saturated rings. The van der Waals surface area contributed by atoms with Crippen LogP contribution < -0.4 is 0 Å². The van der Waals surface area contributed by atoms with Gasteiger partial charge in [-0.15, -0.1) is 10.2 Å². The zero-order valence-electron chi connectivity index (χ0n) is 16.0. The Morgan fingerprint density at radius 2 is 1.89 bits per heavy atom. The van der Waals surface area contributed by atoms with E-state index in [1.807, 2.05) is 26.0 Å². The smallest absolute Gasteiger partial charge is 0.163 e. The number of aryl methyl sites for hydroxylation is 2. The van der Waals surface area contributed by atoms with E-state index in [1.165, 1.54) is 0 Å². The third-order valence-corrected chi connectivity index (χ3v) is 6.01. The first-order valence-electron chi connectivity index (χ1n) is 9.77. The van der Waals surface area contributed by atoms with Crippen molar-refractivity contribution in [3.63, 3.8) is 0 Å². The lowest BCUT2D eigenvalue weighted by atomic mass is 9.92. The second-order valence-electron chi connectivity index (χ2n) is 7.85. The fourth-order valence-electron chi connectivity index (χ4n) is 4.54. The number of aliphatic hydroxyl groups is 1. The van der Waals surface area contributed by atoms with Crippen LogP contribution in [0.1, 0.15) is 42.9 Å². The summed E-state index contributed by atoms with van der Waals surface area (Å²) in [5.41, 5.74) is 4.72. The first-order chi connectivity index (χ1) is 13.5. The maximum absolute atomic E-state index is 10.8. The van der Waals surface area contributed by atoms with Crippen LogP contribution in [-0.4, -0.2) is 31.1 Å². The number of benzene rings is 1. The van der Waals surface area contributed by atoms with Crippen molar-refractivity contribution in [2.75, 3.05) is 0 Å². The van der Waals surface area contributed by atoms with Crippen molar-refractivity contribution in [2.45, 2.75) is 51.7 Å². The number of hydrogen-bond acceptors (Lipinski definition) is 5. The van der Waals surface area contributed by atoms with E-state index < -0.39 is 0 Å². The molecule has 5 rings (SSSR count). The normalized spacial score (nSPS) is 20.2. The van der Waals surface area contributed by atoms with E-state index in [9.17, 15) is 10.2 Å². The van der Waals surface area contributed by atoms with Crippen LogP contribution in [-0.2, 0) is 0 Å². The molecule has 0 aliphatic heterocycles. The summed E-state index contributed by atoms with van der Waals surface area (Å²) in [5, 5.41) is 31.9. The number of nitrogens with zero attached hydrogens (tertiary/aromatic N) is 3. The highest BCUT2D eigenvalue weighted by atomic mass is 16.3. The molecular weight excluding hydrogens is 354 g/mol. The fourth-order valence-corrected chi connectivity index (χ4v) is 4.54. The number of furan rings is 1. The van der Waals surface area contributed by atoms with E-state index in [4.69, 9.17) is 4.42 Å². The molecule has 1 saturated carbocycles. The zero-order chi connectivity index (χ0) is 19.4. The Bertz CT molecular complexity index is 1190. The van der Waals surface area contributed by atoms with E-state index in [1.54, 1.807) is 12.3 Å². The zero-order valence-corrected chi connectivity index (χ0v) is 16.0. The molecule has 3 aromatic heterocycles. The van der Waals surface area contributed by atoms with Gasteiger partial charge in [0.25, 0.3) is 0 Å². The molecule has 2 atom stereocenters. The second-order valence-corrected chi connectivity index (χ2v) is 7.85. The molecule has 0 saturated heterocycles. The first-order valence-corrected chi connectivity index (χ1v) is 9.77. The topological polar surface area (TPSA) is 84.3 Å². The maximum atomic E-state index is 10.8. The molecule has 28 heavy (non-hydrogen) atoms. The number of aromatic nitrogens is 3. The summed E-state index contributed by atoms with van der Waals surface area (Å²) in [6.07, 6.45) is 7.25. The lowest BCUT2D eigenvalue weighted by Crippen LogP contribution is -2.27. The quantitative estimate of drug-likeness (QED) is 0.531. The molecule has 0 unspecified atom stereocenters. The predicted octanol–water partition coefficient (Wildman–Crippen LogP) is 4.64. The van der Waals surface area contributed by atoms with Gasteiger partial charge in [0.15, 0.2) is 5.65 Å². The van der Waals surface area contributed by atoms with Crippen molar-refractivity contribution in [2.24, 2.45) is 0 Å². The number of phenols is 1. The number of aliphatic hydroxyl groups excluding tert-OH is 1. The summed E-state index contributed by atoms with van der Waals surface area (Å²) in [5.74, 6) is 0.164. The summed E-state index contributed by atoms with van der Waals surface area (Å²) in [6.45, 7) is 3.98. The third-order valence-electron chi connectivity index (χ3n) is 6.01. The highest BCUT2D eigenvalue weighted by Crippen LogP contribution is 2.40. The molecule has 0 bridgehead atoms. The van der Waals surface area contributed by atoms with Gasteiger partial charge in [-0.1, -0.05) is 12.8 Å². The minimum Gasteiger partial charge on any atom is -0.506 e. The monoisotopic (exact) mass is 377 g/mol. The van der Waals surface area contributed by atoms with Crippen LogP contribution in [0.5, 0.6) is 5.75 Å². The average molecular weight is 377 g/mol. The summed E-state index contributed by atoms with van der Waals surface area (Å²) in [7, 11) is 0. The van der Waals surface area contributed by atoms with Crippen LogP contribution >= 0.6 is 0 Å². The Labute approximate surface area is 162 Å². The van der Waals surface area contributed by atoms with Gasteiger partial charge < -0.3 is 19.2 Å². The van der Waals surface area contributed by atoms with E-state index in [-0.39, 0.29) is 17.9 Å². The largest absolute Gasteiger partial charge is 0.506 e. The molecular formula is C22H23N3O3. The Hall–Kier alpha value is -2.86. The van der Waals surface area contributed by atoms with Crippen LogP contribution in [0, 0.1) is 13.8 Å². The minimum atomic E-state index is -0.347. The number of rotatable bonds is 2. The summed E-state index contributed by atoms with van der Waals surface area (Å²) >= 11 is 0. The molecule has 144 valence electrons. The third kappa shape index (κ3) is 2.52. The number of phenolic OH excluding ortho intramolecular Hbond substituents is 1. The van der Waals surface area contributed by atoms with Crippen LogP contribution in [0.2, 0.25) is 0 Å². The first kappa shape index (κ1) is 17.3. The van der Waals surface area contributed by atoms with Gasteiger partial charge in [0.2, 0.25) is 0 Å². The highest BCUT2D eigenvalue weighted by molar-refractivity contribution is 5.94. The van der Waals surface area contributed by atoms with Gasteiger partial charge in [0, 0.05) is 17.1 Å². The molecule has 6 heteroatoms. The van der Waals surface area contributed by atoms with Crippen LogP contribution in [0.4, 0.5) is 0 Å². The Balaban J connectivity index is 1.66. The van der Waals surface area contributed by atoms with Gasteiger partial charge >= 0.3 is 0 Å². The van der Waals surface area contributed by atoms with E-state index >= 15 is 0 Å². The van der Waals surface area contributed by atoms with E-state index in [0.29, 0.717) is 22.2 Å². The molecule has 1 aliphatic rings. The minimum absolute atomic E-state index is 0.0440. The van der Waals surface area contributed by atoms with Gasteiger partial charge in [-0.25, -0.2) is 0 Å². The molecule has 6 nitrogen and oxygen atoms in total.